The number of carbonyl (C=O) groups is 1. The second-order valence-corrected chi connectivity index (χ2v) is 6.05. The van der Waals surface area contributed by atoms with Gasteiger partial charge in [-0.25, -0.2) is 5.06 Å². The van der Waals surface area contributed by atoms with E-state index >= 15 is 0 Å². The van der Waals surface area contributed by atoms with Crippen molar-refractivity contribution in [1.82, 2.24) is 0 Å². The van der Waals surface area contributed by atoms with E-state index < -0.39 is 0 Å². The Morgan fingerprint density at radius 1 is 1.00 bits per heavy atom. The van der Waals surface area contributed by atoms with Crippen LogP contribution in [0.3, 0.4) is 0 Å². The summed E-state index contributed by atoms with van der Waals surface area (Å²) < 4.78 is 0. The Morgan fingerprint density at radius 2 is 1.67 bits per heavy atom. The third-order valence-electron chi connectivity index (χ3n) is 4.24. The molecule has 0 spiro atoms. The van der Waals surface area contributed by atoms with Gasteiger partial charge in [0.25, 0.3) is 0 Å². The summed E-state index contributed by atoms with van der Waals surface area (Å²) in [5, 5.41) is 1.86. The summed E-state index contributed by atoms with van der Waals surface area (Å²) in [6.07, 6.45) is 5.62. The second-order valence-electron chi connectivity index (χ2n) is 6.05. The third-order valence-corrected chi connectivity index (χ3v) is 4.24. The highest BCUT2D eigenvalue weighted by Crippen LogP contribution is 2.27. The van der Waals surface area contributed by atoms with E-state index in [-0.39, 0.29) is 0 Å². The Bertz CT molecular complexity index is 595. The lowest BCUT2D eigenvalue weighted by Crippen LogP contribution is -2.22. The summed E-state index contributed by atoms with van der Waals surface area (Å²) in [6.45, 7) is 5.13. The molecular weight excluding hydrogens is 298 g/mol. The number of benzene rings is 2. The molecule has 0 saturated carbocycles. The fourth-order valence-corrected chi connectivity index (χ4v) is 2.63. The molecule has 2 rings (SSSR count). The SMILES string of the molecule is CCCCC(CC)CON(c1ccccc1)c1ccc(C=O)cc1. The van der Waals surface area contributed by atoms with E-state index in [0.29, 0.717) is 18.1 Å². The lowest BCUT2D eigenvalue weighted by Gasteiger charge is -2.26. The molecule has 0 bridgehead atoms. The van der Waals surface area contributed by atoms with E-state index in [1.54, 1.807) is 0 Å². The highest BCUT2D eigenvalue weighted by molar-refractivity contribution is 5.76. The Hall–Kier alpha value is -2.13. The average molecular weight is 325 g/mol. The Morgan fingerprint density at radius 3 is 2.25 bits per heavy atom. The van der Waals surface area contributed by atoms with Crippen LogP contribution in [0.2, 0.25) is 0 Å². The van der Waals surface area contributed by atoms with Gasteiger partial charge in [-0.05, 0) is 48.7 Å². The molecule has 2 aromatic rings. The van der Waals surface area contributed by atoms with Crippen LogP contribution in [0.5, 0.6) is 0 Å². The maximum atomic E-state index is 10.9. The first-order valence-corrected chi connectivity index (χ1v) is 8.81. The standard InChI is InChI=1S/C21H27NO2/c1-3-5-9-18(4-2)17-24-22(20-10-7-6-8-11-20)21-14-12-19(16-23)13-15-21/h6-8,10-16,18H,3-5,9,17H2,1-2H3. The van der Waals surface area contributed by atoms with Crippen LogP contribution < -0.4 is 5.06 Å². The van der Waals surface area contributed by atoms with Crippen molar-refractivity contribution in [2.75, 3.05) is 11.7 Å². The number of hydrogen-bond donors (Lipinski definition) is 0. The highest BCUT2D eigenvalue weighted by atomic mass is 16.7. The molecule has 0 heterocycles. The van der Waals surface area contributed by atoms with Crippen molar-refractivity contribution in [1.29, 1.82) is 0 Å². The first-order valence-electron chi connectivity index (χ1n) is 8.81. The molecular formula is C21H27NO2. The van der Waals surface area contributed by atoms with Crippen LogP contribution in [0.15, 0.2) is 54.6 Å². The van der Waals surface area contributed by atoms with Gasteiger partial charge in [-0.2, -0.15) is 0 Å². The molecule has 1 atom stereocenters. The zero-order valence-electron chi connectivity index (χ0n) is 14.7. The zero-order valence-corrected chi connectivity index (χ0v) is 14.7. The lowest BCUT2D eigenvalue weighted by molar-refractivity contribution is 0.0946. The number of hydrogen-bond acceptors (Lipinski definition) is 3. The molecule has 0 aliphatic carbocycles. The Balaban J connectivity index is 2.15. The monoisotopic (exact) mass is 325 g/mol. The van der Waals surface area contributed by atoms with Crippen LogP contribution >= 0.6 is 0 Å². The number of rotatable bonds is 10. The van der Waals surface area contributed by atoms with Gasteiger partial charge in [0.15, 0.2) is 0 Å². The molecule has 0 aliphatic rings. The van der Waals surface area contributed by atoms with Crippen molar-refractivity contribution in [3.8, 4) is 0 Å². The fourth-order valence-electron chi connectivity index (χ4n) is 2.63. The number of unbranched alkanes of at least 4 members (excludes halogenated alkanes) is 1. The maximum Gasteiger partial charge on any atom is 0.150 e. The topological polar surface area (TPSA) is 29.5 Å². The number of anilines is 2. The van der Waals surface area contributed by atoms with Gasteiger partial charge in [0, 0.05) is 5.56 Å². The van der Waals surface area contributed by atoms with Crippen molar-refractivity contribution >= 4 is 17.7 Å². The molecule has 0 aromatic heterocycles. The van der Waals surface area contributed by atoms with Crippen LogP contribution in [0.25, 0.3) is 0 Å². The molecule has 3 nitrogen and oxygen atoms in total. The van der Waals surface area contributed by atoms with Crippen LogP contribution in [0.4, 0.5) is 11.4 Å². The molecule has 0 amide bonds. The Kier molecular flexibility index (Phi) is 7.50. The van der Waals surface area contributed by atoms with Gasteiger partial charge in [0.2, 0.25) is 0 Å². The van der Waals surface area contributed by atoms with Gasteiger partial charge in [0.1, 0.15) is 6.29 Å². The largest absolute Gasteiger partial charge is 0.298 e. The predicted octanol–water partition coefficient (Wildman–Crippen LogP) is 5.79. The van der Waals surface area contributed by atoms with E-state index in [0.717, 1.165) is 24.1 Å². The van der Waals surface area contributed by atoms with Crippen molar-refractivity contribution in [2.24, 2.45) is 5.92 Å². The molecule has 0 aliphatic heterocycles. The van der Waals surface area contributed by atoms with Gasteiger partial charge in [-0.15, -0.1) is 0 Å². The minimum Gasteiger partial charge on any atom is -0.298 e. The summed E-state index contributed by atoms with van der Waals surface area (Å²) in [6, 6.07) is 17.5. The van der Waals surface area contributed by atoms with Crippen molar-refractivity contribution in [2.45, 2.75) is 39.5 Å². The molecule has 1 unspecified atom stereocenters. The van der Waals surface area contributed by atoms with Crippen LogP contribution in [-0.4, -0.2) is 12.9 Å². The average Bonchev–Trinajstić information content (AvgIpc) is 2.65. The molecule has 24 heavy (non-hydrogen) atoms. The molecule has 0 radical (unpaired) electrons. The van der Waals surface area contributed by atoms with Gasteiger partial charge in [-0.3, -0.25) is 9.63 Å². The van der Waals surface area contributed by atoms with Gasteiger partial charge < -0.3 is 0 Å². The van der Waals surface area contributed by atoms with E-state index in [1.165, 1.54) is 19.3 Å². The first kappa shape index (κ1) is 18.2. The second kappa shape index (κ2) is 9.89. The van der Waals surface area contributed by atoms with E-state index in [9.17, 15) is 4.79 Å². The molecule has 3 heteroatoms. The van der Waals surface area contributed by atoms with Gasteiger partial charge in [-0.1, -0.05) is 51.3 Å². The molecule has 0 fully saturated rings. The zero-order chi connectivity index (χ0) is 17.2. The van der Waals surface area contributed by atoms with Crippen LogP contribution in [0, 0.1) is 5.92 Å². The minimum absolute atomic E-state index is 0.561. The first-order chi connectivity index (χ1) is 11.8. The maximum absolute atomic E-state index is 10.9. The molecule has 0 saturated heterocycles. The van der Waals surface area contributed by atoms with Crippen molar-refractivity contribution < 1.29 is 9.63 Å². The minimum atomic E-state index is 0.561. The number of carbonyl (C=O) groups excluding carboxylic acids is 1. The van der Waals surface area contributed by atoms with E-state index in [4.69, 9.17) is 4.84 Å². The lowest BCUT2D eigenvalue weighted by atomic mass is 10.0. The third kappa shape index (κ3) is 5.20. The fraction of sp³-hybridized carbons (Fsp3) is 0.381. The Labute approximate surface area is 145 Å². The summed E-state index contributed by atoms with van der Waals surface area (Å²) in [4.78, 5) is 17.0. The van der Waals surface area contributed by atoms with Gasteiger partial charge >= 0.3 is 0 Å². The molecule has 2 aromatic carbocycles. The van der Waals surface area contributed by atoms with Crippen LogP contribution in [-0.2, 0) is 4.84 Å². The predicted molar refractivity (Wildman–Crippen MR) is 99.7 cm³/mol. The smallest absolute Gasteiger partial charge is 0.150 e. The van der Waals surface area contributed by atoms with E-state index in [2.05, 4.69) is 13.8 Å². The summed E-state index contributed by atoms with van der Waals surface area (Å²) in [5.41, 5.74) is 2.58. The van der Waals surface area contributed by atoms with Crippen molar-refractivity contribution in [3.05, 3.63) is 60.2 Å². The molecule has 0 N–H and O–H groups in total. The number of nitrogens with zero attached hydrogens (tertiary/aromatic N) is 1. The van der Waals surface area contributed by atoms with Crippen LogP contribution in [0.1, 0.15) is 49.9 Å². The summed E-state index contributed by atoms with van der Waals surface area (Å²) in [7, 11) is 0. The summed E-state index contributed by atoms with van der Waals surface area (Å²) >= 11 is 0. The highest BCUT2D eigenvalue weighted by Gasteiger charge is 2.13. The number of para-hydroxylation sites is 1. The molecule has 128 valence electrons. The number of aldehydes is 1. The normalized spacial score (nSPS) is 11.9. The quantitative estimate of drug-likeness (QED) is 0.409. The van der Waals surface area contributed by atoms with E-state index in [1.807, 2.05) is 59.7 Å². The van der Waals surface area contributed by atoms with Crippen molar-refractivity contribution in [3.63, 3.8) is 0 Å². The summed E-state index contributed by atoms with van der Waals surface area (Å²) in [5.74, 6) is 0.561. The van der Waals surface area contributed by atoms with Gasteiger partial charge in [0.05, 0.1) is 18.0 Å².